The van der Waals surface area contributed by atoms with Crippen LogP contribution in [0.2, 0.25) is 0 Å². The van der Waals surface area contributed by atoms with Gasteiger partial charge in [-0.1, -0.05) is 12.5 Å². The van der Waals surface area contributed by atoms with Crippen molar-refractivity contribution in [1.82, 2.24) is 9.21 Å². The van der Waals surface area contributed by atoms with Crippen LogP contribution in [0.25, 0.3) is 0 Å². The van der Waals surface area contributed by atoms with Crippen LogP contribution in [0, 0.1) is 5.92 Å². The Hall–Kier alpha value is -1.61. The standard InChI is InChI=1S/C18H23F3N2O3S/c19-18(20,21)15-7-5-9-22(13-15)17(24)14-6-4-8-16(12-14)27(25,26)23-10-2-1-3-11-23/h4,6,8,12,15H,1-3,5,7,9-11,13H2. The quantitative estimate of drug-likeness (QED) is 0.777. The van der Waals surface area contributed by atoms with Crippen molar-refractivity contribution in [1.29, 1.82) is 0 Å². The van der Waals surface area contributed by atoms with E-state index < -0.39 is 28.0 Å². The fourth-order valence-electron chi connectivity index (χ4n) is 3.66. The van der Waals surface area contributed by atoms with Gasteiger partial charge in [-0.3, -0.25) is 4.79 Å². The number of sulfonamides is 1. The summed E-state index contributed by atoms with van der Waals surface area (Å²) >= 11 is 0. The van der Waals surface area contributed by atoms with Gasteiger partial charge in [0.15, 0.2) is 0 Å². The van der Waals surface area contributed by atoms with E-state index in [4.69, 9.17) is 0 Å². The van der Waals surface area contributed by atoms with Crippen LogP contribution in [0.1, 0.15) is 42.5 Å². The summed E-state index contributed by atoms with van der Waals surface area (Å²) in [6.45, 7) is 0.750. The Balaban J connectivity index is 1.79. The minimum absolute atomic E-state index is 0.0106. The number of hydrogen-bond donors (Lipinski definition) is 0. The highest BCUT2D eigenvalue weighted by Gasteiger charge is 2.42. The SMILES string of the molecule is O=C(c1cccc(S(=O)(=O)N2CCCCC2)c1)N1CCCC(C(F)(F)F)C1. The third-order valence-electron chi connectivity index (χ3n) is 5.21. The highest BCUT2D eigenvalue weighted by molar-refractivity contribution is 7.89. The summed E-state index contributed by atoms with van der Waals surface area (Å²) in [7, 11) is -3.70. The van der Waals surface area contributed by atoms with Gasteiger partial charge in [0.1, 0.15) is 0 Å². The number of hydrogen-bond acceptors (Lipinski definition) is 3. The maximum Gasteiger partial charge on any atom is 0.393 e. The lowest BCUT2D eigenvalue weighted by Gasteiger charge is -2.34. The molecular formula is C18H23F3N2O3S. The van der Waals surface area contributed by atoms with Gasteiger partial charge in [-0.2, -0.15) is 17.5 Å². The average molecular weight is 404 g/mol. The van der Waals surface area contributed by atoms with Crippen molar-refractivity contribution in [2.75, 3.05) is 26.2 Å². The maximum atomic E-state index is 13.0. The first-order valence-corrected chi connectivity index (χ1v) is 10.6. The number of halogens is 3. The molecule has 1 atom stereocenters. The lowest BCUT2D eigenvalue weighted by atomic mass is 9.97. The van der Waals surface area contributed by atoms with Crippen molar-refractivity contribution in [3.05, 3.63) is 29.8 Å². The summed E-state index contributed by atoms with van der Waals surface area (Å²) in [6, 6.07) is 5.63. The van der Waals surface area contributed by atoms with Crippen LogP contribution in [0.3, 0.4) is 0 Å². The number of carbonyl (C=O) groups excluding carboxylic acids is 1. The van der Waals surface area contributed by atoms with E-state index >= 15 is 0 Å². The molecule has 2 fully saturated rings. The molecule has 9 heteroatoms. The molecule has 1 aromatic carbocycles. The molecular weight excluding hydrogens is 381 g/mol. The minimum Gasteiger partial charge on any atom is -0.338 e. The molecule has 0 N–H and O–H groups in total. The second-order valence-electron chi connectivity index (χ2n) is 7.12. The highest BCUT2D eigenvalue weighted by Crippen LogP contribution is 2.33. The van der Waals surface area contributed by atoms with Crippen molar-refractivity contribution < 1.29 is 26.4 Å². The van der Waals surface area contributed by atoms with Crippen molar-refractivity contribution in [2.45, 2.75) is 43.2 Å². The van der Waals surface area contributed by atoms with Crippen LogP contribution >= 0.6 is 0 Å². The normalized spacial score (nSPS) is 22.6. The molecule has 1 aromatic rings. The van der Waals surface area contributed by atoms with Gasteiger partial charge in [-0.25, -0.2) is 8.42 Å². The van der Waals surface area contributed by atoms with Crippen molar-refractivity contribution in [2.24, 2.45) is 5.92 Å². The number of carbonyl (C=O) groups is 1. The number of amides is 1. The summed E-state index contributed by atoms with van der Waals surface area (Å²) in [5.41, 5.74) is 0.107. The predicted molar refractivity (Wildman–Crippen MR) is 93.7 cm³/mol. The summed E-state index contributed by atoms with van der Waals surface area (Å²) in [4.78, 5) is 13.9. The number of nitrogens with zero attached hydrogens (tertiary/aromatic N) is 2. The number of rotatable bonds is 3. The summed E-state index contributed by atoms with van der Waals surface area (Å²) in [5.74, 6) is -2.09. The van der Waals surface area contributed by atoms with Crippen molar-refractivity contribution in [3.8, 4) is 0 Å². The number of alkyl halides is 3. The number of likely N-dealkylation sites (tertiary alicyclic amines) is 1. The van der Waals surface area contributed by atoms with Gasteiger partial charge in [-0.15, -0.1) is 0 Å². The summed E-state index contributed by atoms with van der Waals surface area (Å²) in [6.07, 6.45) is -1.47. The van der Waals surface area contributed by atoms with E-state index in [2.05, 4.69) is 0 Å². The van der Waals surface area contributed by atoms with E-state index in [0.29, 0.717) is 13.1 Å². The topological polar surface area (TPSA) is 57.7 Å². The van der Waals surface area contributed by atoms with E-state index in [0.717, 1.165) is 19.3 Å². The van der Waals surface area contributed by atoms with E-state index in [1.165, 1.54) is 33.5 Å². The molecule has 0 saturated carbocycles. The Kier molecular flexibility index (Phi) is 5.81. The zero-order chi connectivity index (χ0) is 19.7. The Bertz CT molecular complexity index is 789. The van der Waals surface area contributed by atoms with Gasteiger partial charge in [-0.05, 0) is 43.9 Å². The van der Waals surface area contributed by atoms with Crippen LogP contribution in [-0.4, -0.2) is 55.9 Å². The maximum absolute atomic E-state index is 13.0. The van der Waals surface area contributed by atoms with Crippen LogP contribution in [-0.2, 0) is 10.0 Å². The van der Waals surface area contributed by atoms with Gasteiger partial charge in [0.25, 0.3) is 5.91 Å². The zero-order valence-electron chi connectivity index (χ0n) is 14.9. The molecule has 0 radical (unpaired) electrons. The molecule has 1 unspecified atom stereocenters. The first-order chi connectivity index (χ1) is 12.7. The molecule has 2 aliphatic rings. The molecule has 2 saturated heterocycles. The molecule has 0 aliphatic carbocycles. The molecule has 5 nitrogen and oxygen atoms in total. The molecule has 150 valence electrons. The average Bonchev–Trinajstić information content (AvgIpc) is 2.67. The largest absolute Gasteiger partial charge is 0.393 e. The Morgan fingerprint density at radius 1 is 1.04 bits per heavy atom. The predicted octanol–water partition coefficient (Wildman–Crippen LogP) is 3.28. The smallest absolute Gasteiger partial charge is 0.338 e. The van der Waals surface area contributed by atoms with Crippen LogP contribution in [0.4, 0.5) is 13.2 Å². The van der Waals surface area contributed by atoms with Gasteiger partial charge in [0, 0.05) is 31.7 Å². The number of benzene rings is 1. The lowest BCUT2D eigenvalue weighted by molar-refractivity contribution is -0.184. The van der Waals surface area contributed by atoms with Crippen molar-refractivity contribution in [3.63, 3.8) is 0 Å². The highest BCUT2D eigenvalue weighted by atomic mass is 32.2. The van der Waals surface area contributed by atoms with E-state index in [1.807, 2.05) is 0 Å². The molecule has 0 spiro atoms. The fraction of sp³-hybridized carbons (Fsp3) is 0.611. The molecule has 2 heterocycles. The molecule has 0 aromatic heterocycles. The molecule has 0 bridgehead atoms. The fourth-order valence-corrected chi connectivity index (χ4v) is 5.22. The first kappa shape index (κ1) is 20.1. The van der Waals surface area contributed by atoms with E-state index in [1.54, 1.807) is 0 Å². The number of piperidine rings is 2. The summed E-state index contributed by atoms with van der Waals surface area (Å²) < 4.78 is 65.9. The van der Waals surface area contributed by atoms with Gasteiger partial charge in [0.05, 0.1) is 10.8 Å². The van der Waals surface area contributed by atoms with Crippen molar-refractivity contribution >= 4 is 15.9 Å². The lowest BCUT2D eigenvalue weighted by Crippen LogP contribution is -2.44. The molecule has 1 amide bonds. The van der Waals surface area contributed by atoms with E-state index in [9.17, 15) is 26.4 Å². The summed E-state index contributed by atoms with van der Waals surface area (Å²) in [5, 5.41) is 0. The minimum atomic E-state index is -4.33. The Morgan fingerprint density at radius 2 is 1.74 bits per heavy atom. The van der Waals surface area contributed by atoms with Crippen LogP contribution < -0.4 is 0 Å². The molecule has 3 rings (SSSR count). The monoisotopic (exact) mass is 404 g/mol. The second kappa shape index (κ2) is 7.79. The zero-order valence-corrected chi connectivity index (χ0v) is 15.7. The Labute approximate surface area is 157 Å². The van der Waals surface area contributed by atoms with Crippen LogP contribution in [0.5, 0.6) is 0 Å². The van der Waals surface area contributed by atoms with Crippen LogP contribution in [0.15, 0.2) is 29.2 Å². The van der Waals surface area contributed by atoms with Gasteiger partial charge in [0.2, 0.25) is 10.0 Å². The Morgan fingerprint density at radius 3 is 2.41 bits per heavy atom. The van der Waals surface area contributed by atoms with Gasteiger partial charge >= 0.3 is 6.18 Å². The first-order valence-electron chi connectivity index (χ1n) is 9.16. The second-order valence-corrected chi connectivity index (χ2v) is 9.06. The van der Waals surface area contributed by atoms with E-state index in [-0.39, 0.29) is 36.4 Å². The molecule has 27 heavy (non-hydrogen) atoms. The third kappa shape index (κ3) is 4.45. The molecule has 2 aliphatic heterocycles. The van der Waals surface area contributed by atoms with Gasteiger partial charge < -0.3 is 4.90 Å². The third-order valence-corrected chi connectivity index (χ3v) is 7.10.